The molecule has 38 heavy (non-hydrogen) atoms. The van der Waals surface area contributed by atoms with Gasteiger partial charge in [-0.25, -0.2) is 15.0 Å². The predicted molar refractivity (Wildman–Crippen MR) is 137 cm³/mol. The van der Waals surface area contributed by atoms with Crippen LogP contribution < -0.4 is 11.5 Å². The fourth-order valence-electron chi connectivity index (χ4n) is 3.85. The highest BCUT2D eigenvalue weighted by Gasteiger charge is 2.50. The number of rotatable bonds is 14. The van der Waals surface area contributed by atoms with Gasteiger partial charge in [0.15, 0.2) is 17.7 Å². The molecule has 0 unspecified atom stereocenters. The van der Waals surface area contributed by atoms with Crippen molar-refractivity contribution < 1.29 is 45.3 Å². The minimum atomic E-state index is -4.24. The number of aromatic nitrogens is 4. The average molecular weight is 600 g/mol. The van der Waals surface area contributed by atoms with Gasteiger partial charge in [-0.3, -0.25) is 18.1 Å². The average Bonchev–Trinajstić information content (AvgIpc) is 3.37. The number of carbonyl (C=O) groups is 1. The molecule has 2 aromatic rings. The molecule has 0 bridgehead atoms. The topological polar surface area (TPSA) is 260 Å². The maximum Gasteiger partial charge on any atom is 0.320 e. The Labute approximate surface area is 222 Å². The molecule has 0 saturated carbocycles. The molecule has 0 aromatic carbocycles. The van der Waals surface area contributed by atoms with Crippen LogP contribution in [0, 0.1) is 0 Å². The van der Waals surface area contributed by atoms with E-state index in [0.717, 1.165) is 0 Å². The fourth-order valence-corrected chi connectivity index (χ4v) is 7.31. The molecule has 0 aliphatic carbocycles. The van der Waals surface area contributed by atoms with Crippen molar-refractivity contribution in [3.8, 4) is 0 Å². The normalized spacial score (nSPS) is 24.0. The number of nitrogens with zero attached hydrogens (tertiary/aromatic N) is 4. The molecule has 0 amide bonds. The SMILES string of the molecule is C[S@@+](CC[C@H](N)C(=O)O)C[C@H]1O[C@@H](n2cnc3c(N)ncnc32)[C@H](O)[C@@H]1OS(=O)(=O)CCCCS(=O)(=O)O. The van der Waals surface area contributed by atoms with Crippen molar-refractivity contribution in [2.75, 3.05) is 35.0 Å². The number of aliphatic carboxylic acids is 1. The number of aliphatic hydroxyl groups excluding tert-OH is 1. The molecule has 3 heterocycles. The molecule has 7 N–H and O–H groups in total. The van der Waals surface area contributed by atoms with E-state index in [1.54, 1.807) is 0 Å². The lowest BCUT2D eigenvalue weighted by atomic mass is 10.1. The van der Waals surface area contributed by atoms with Crippen LogP contribution in [-0.4, -0.2) is 111 Å². The van der Waals surface area contributed by atoms with Gasteiger partial charge in [-0.15, -0.1) is 0 Å². The molecule has 1 saturated heterocycles. The quantitative estimate of drug-likeness (QED) is 0.0687. The highest BCUT2D eigenvalue weighted by atomic mass is 32.2. The standard InChI is InChI=1S/C19H30N6O10S3/c1-36(5-4-11(20)19(27)28)8-12-15(35-38(32,33)7-3-2-6-37(29,30)31)14(26)18(34-12)25-10-24-13-16(21)22-9-23-17(13)25/h9-12,14-15,18,26H,2-8,20H2,1H3,(H3-,21,22,23,27,28,29,30,31)/p+1/t11-,12+,14+,15+,18+,36-/m0/s1. The molecule has 2 aromatic heterocycles. The van der Waals surface area contributed by atoms with Gasteiger partial charge in [0.1, 0.15) is 47.7 Å². The molecule has 3 rings (SSSR count). The molecule has 16 nitrogen and oxygen atoms in total. The number of nitrogens with two attached hydrogens (primary N) is 2. The highest BCUT2D eigenvalue weighted by molar-refractivity contribution is 7.96. The lowest BCUT2D eigenvalue weighted by Crippen LogP contribution is -2.40. The summed E-state index contributed by atoms with van der Waals surface area (Å²) in [6.45, 7) is 0. The van der Waals surface area contributed by atoms with E-state index in [0.29, 0.717) is 5.75 Å². The van der Waals surface area contributed by atoms with E-state index in [1.165, 1.54) is 17.2 Å². The lowest BCUT2D eigenvalue weighted by Gasteiger charge is -2.20. The summed E-state index contributed by atoms with van der Waals surface area (Å²) in [5.41, 5.74) is 11.9. The van der Waals surface area contributed by atoms with Crippen molar-refractivity contribution in [2.24, 2.45) is 5.73 Å². The molecular formula is C19H31N6O10S3+. The van der Waals surface area contributed by atoms with E-state index in [1.807, 2.05) is 6.26 Å². The van der Waals surface area contributed by atoms with Crippen LogP contribution >= 0.6 is 0 Å². The first-order chi connectivity index (χ1) is 17.7. The Bertz CT molecular complexity index is 1340. The number of carboxylic acid groups (broad SMARTS) is 1. The number of carboxylic acids is 1. The second-order valence-electron chi connectivity index (χ2n) is 8.84. The Morgan fingerprint density at radius 3 is 2.58 bits per heavy atom. The van der Waals surface area contributed by atoms with Crippen LogP contribution in [-0.2, 0) is 44.8 Å². The van der Waals surface area contributed by atoms with E-state index in [4.69, 9.17) is 30.0 Å². The number of anilines is 1. The van der Waals surface area contributed by atoms with Crippen LogP contribution in [0.1, 0.15) is 25.5 Å². The number of hydrogen-bond donors (Lipinski definition) is 5. The maximum absolute atomic E-state index is 12.7. The number of ether oxygens (including phenoxy) is 1. The summed E-state index contributed by atoms with van der Waals surface area (Å²) in [6.07, 6.45) is -0.558. The number of fused-ring (bicyclic) bond motifs is 1. The van der Waals surface area contributed by atoms with Gasteiger partial charge in [-0.2, -0.15) is 16.8 Å². The lowest BCUT2D eigenvalue weighted by molar-refractivity contribution is -0.138. The fraction of sp³-hybridized carbons (Fsp3) is 0.684. The van der Waals surface area contributed by atoms with Gasteiger partial charge in [0, 0.05) is 6.42 Å². The summed E-state index contributed by atoms with van der Waals surface area (Å²) in [4.78, 5) is 23.2. The third-order valence-electron chi connectivity index (χ3n) is 5.82. The molecule has 6 atom stereocenters. The minimum absolute atomic E-state index is 0.0999. The number of unbranched alkanes of at least 4 members (excludes halogenated alkanes) is 1. The monoisotopic (exact) mass is 599 g/mol. The first kappa shape index (κ1) is 30.4. The third kappa shape index (κ3) is 7.94. The smallest absolute Gasteiger partial charge is 0.320 e. The molecule has 214 valence electrons. The van der Waals surface area contributed by atoms with E-state index < -0.39 is 79.2 Å². The van der Waals surface area contributed by atoms with E-state index in [2.05, 4.69) is 15.0 Å². The third-order valence-corrected chi connectivity index (χ3v) is 9.76. The Hall–Kier alpha value is -2.13. The number of hydrogen-bond acceptors (Lipinski definition) is 13. The Balaban J connectivity index is 1.79. The van der Waals surface area contributed by atoms with Gasteiger partial charge in [0.25, 0.3) is 20.2 Å². The molecule has 1 fully saturated rings. The Morgan fingerprint density at radius 2 is 1.92 bits per heavy atom. The summed E-state index contributed by atoms with van der Waals surface area (Å²) >= 11 is 0. The molecular weight excluding hydrogens is 568 g/mol. The van der Waals surface area contributed by atoms with E-state index in [9.17, 15) is 26.7 Å². The Kier molecular flexibility index (Phi) is 9.90. The van der Waals surface area contributed by atoms with Crippen molar-refractivity contribution in [1.29, 1.82) is 0 Å². The van der Waals surface area contributed by atoms with Crippen LogP contribution in [0.15, 0.2) is 12.7 Å². The van der Waals surface area contributed by atoms with Gasteiger partial charge < -0.3 is 26.4 Å². The van der Waals surface area contributed by atoms with Crippen molar-refractivity contribution >= 4 is 54.1 Å². The van der Waals surface area contributed by atoms with Crippen LogP contribution in [0.5, 0.6) is 0 Å². The number of imidazole rings is 1. The van der Waals surface area contributed by atoms with Gasteiger partial charge in [0.2, 0.25) is 0 Å². The van der Waals surface area contributed by atoms with Crippen molar-refractivity contribution in [3.63, 3.8) is 0 Å². The summed E-state index contributed by atoms with van der Waals surface area (Å²) in [6, 6.07) is -1.05. The second-order valence-corrected chi connectivity index (χ2v) is 14.4. The summed E-state index contributed by atoms with van der Waals surface area (Å²) in [5.74, 6) is -1.54. The van der Waals surface area contributed by atoms with Gasteiger partial charge >= 0.3 is 5.97 Å². The van der Waals surface area contributed by atoms with Crippen LogP contribution in [0.2, 0.25) is 0 Å². The first-order valence-electron chi connectivity index (χ1n) is 11.4. The van der Waals surface area contributed by atoms with Crippen molar-refractivity contribution in [1.82, 2.24) is 19.5 Å². The zero-order valence-electron chi connectivity index (χ0n) is 20.4. The number of nitrogen functional groups attached to an aromatic ring is 1. The van der Waals surface area contributed by atoms with Gasteiger partial charge in [-0.1, -0.05) is 0 Å². The summed E-state index contributed by atoms with van der Waals surface area (Å²) in [7, 11) is -8.97. The molecule has 19 heteroatoms. The predicted octanol–water partition coefficient (Wildman–Crippen LogP) is -1.90. The summed E-state index contributed by atoms with van der Waals surface area (Å²) in [5, 5.41) is 20.1. The van der Waals surface area contributed by atoms with E-state index in [-0.39, 0.29) is 42.0 Å². The van der Waals surface area contributed by atoms with Crippen molar-refractivity contribution in [2.45, 2.75) is 49.8 Å². The highest BCUT2D eigenvalue weighted by Crippen LogP contribution is 2.35. The van der Waals surface area contributed by atoms with E-state index >= 15 is 0 Å². The molecule has 0 spiro atoms. The van der Waals surface area contributed by atoms with Crippen molar-refractivity contribution in [3.05, 3.63) is 12.7 Å². The summed E-state index contributed by atoms with van der Waals surface area (Å²) < 4.78 is 68.8. The molecule has 1 aliphatic rings. The van der Waals surface area contributed by atoms with Gasteiger partial charge in [0.05, 0.1) is 24.1 Å². The largest absolute Gasteiger partial charge is 0.480 e. The zero-order valence-corrected chi connectivity index (χ0v) is 22.8. The molecule has 1 aliphatic heterocycles. The minimum Gasteiger partial charge on any atom is -0.480 e. The van der Waals surface area contributed by atoms with Gasteiger partial charge in [-0.05, 0) is 23.7 Å². The van der Waals surface area contributed by atoms with Crippen LogP contribution in [0.25, 0.3) is 11.2 Å². The Morgan fingerprint density at radius 1 is 1.24 bits per heavy atom. The maximum atomic E-state index is 12.7. The zero-order chi connectivity index (χ0) is 28.3. The number of aliphatic hydroxyl groups is 1. The van der Waals surface area contributed by atoms with Crippen LogP contribution in [0.4, 0.5) is 5.82 Å². The first-order valence-corrected chi connectivity index (χ1v) is 16.5. The van der Waals surface area contributed by atoms with Crippen LogP contribution in [0.3, 0.4) is 0 Å². The second kappa shape index (κ2) is 12.4. The molecule has 0 radical (unpaired) electrons.